The Morgan fingerprint density at radius 3 is 3.00 bits per heavy atom. The Bertz CT molecular complexity index is 772. The molecule has 0 aliphatic carbocycles. The van der Waals surface area contributed by atoms with Crippen LogP contribution in [0.2, 0.25) is 0 Å². The van der Waals surface area contributed by atoms with Gasteiger partial charge < -0.3 is 13.7 Å². The van der Waals surface area contributed by atoms with E-state index in [-0.39, 0.29) is 12.4 Å². The molecule has 0 atom stereocenters. The van der Waals surface area contributed by atoms with E-state index in [2.05, 4.69) is 9.55 Å². The molecule has 3 aromatic rings. The number of pyridine rings is 1. The summed E-state index contributed by atoms with van der Waals surface area (Å²) in [6, 6.07) is 5.79. The topological polar surface area (TPSA) is 57.3 Å². The summed E-state index contributed by atoms with van der Waals surface area (Å²) >= 11 is 0. The van der Waals surface area contributed by atoms with Crippen molar-refractivity contribution in [3.8, 4) is 0 Å². The van der Waals surface area contributed by atoms with Gasteiger partial charge in [-0.2, -0.15) is 0 Å². The van der Waals surface area contributed by atoms with Crippen LogP contribution in [-0.4, -0.2) is 22.6 Å². The first-order valence-electron chi connectivity index (χ1n) is 6.71. The Balaban J connectivity index is 2.11. The standard InChI is InChI=1S/C16H16N2O3/c1-11-14(8-15(19)20-2)13-4-3-6-17-16(13)18(11)9-12-5-7-21-10-12/h3-7,10H,8-9H2,1-2H3. The van der Waals surface area contributed by atoms with Crippen LogP contribution in [0.5, 0.6) is 0 Å². The minimum atomic E-state index is -0.246. The normalized spacial score (nSPS) is 11.0. The van der Waals surface area contributed by atoms with Crippen LogP contribution in [0.3, 0.4) is 0 Å². The van der Waals surface area contributed by atoms with Crippen LogP contribution in [-0.2, 0) is 22.5 Å². The smallest absolute Gasteiger partial charge is 0.310 e. The molecule has 0 aliphatic heterocycles. The van der Waals surface area contributed by atoms with E-state index in [0.717, 1.165) is 27.9 Å². The maximum Gasteiger partial charge on any atom is 0.310 e. The van der Waals surface area contributed by atoms with Crippen LogP contribution in [0.4, 0.5) is 0 Å². The number of hydrogen-bond donors (Lipinski definition) is 0. The second-order valence-electron chi connectivity index (χ2n) is 4.91. The van der Waals surface area contributed by atoms with Gasteiger partial charge in [-0.1, -0.05) is 0 Å². The number of rotatable bonds is 4. The summed E-state index contributed by atoms with van der Waals surface area (Å²) in [5.41, 5.74) is 3.92. The molecule has 5 nitrogen and oxygen atoms in total. The third-order valence-corrected chi connectivity index (χ3v) is 3.68. The van der Waals surface area contributed by atoms with Crippen molar-refractivity contribution in [1.29, 1.82) is 0 Å². The highest BCUT2D eigenvalue weighted by molar-refractivity contribution is 5.87. The number of furan rings is 1. The van der Waals surface area contributed by atoms with E-state index in [1.807, 2.05) is 25.1 Å². The molecule has 0 unspecified atom stereocenters. The number of nitrogens with zero attached hydrogens (tertiary/aromatic N) is 2. The lowest BCUT2D eigenvalue weighted by atomic mass is 10.1. The van der Waals surface area contributed by atoms with Gasteiger partial charge in [0.25, 0.3) is 0 Å². The van der Waals surface area contributed by atoms with E-state index in [4.69, 9.17) is 9.15 Å². The van der Waals surface area contributed by atoms with Crippen molar-refractivity contribution in [2.45, 2.75) is 19.9 Å². The van der Waals surface area contributed by atoms with E-state index in [9.17, 15) is 4.79 Å². The zero-order valence-electron chi connectivity index (χ0n) is 12.0. The average Bonchev–Trinajstić information content (AvgIpc) is 3.10. The number of hydrogen-bond acceptors (Lipinski definition) is 4. The number of aromatic nitrogens is 2. The summed E-state index contributed by atoms with van der Waals surface area (Å²) in [7, 11) is 1.40. The summed E-state index contributed by atoms with van der Waals surface area (Å²) in [6.45, 7) is 2.66. The van der Waals surface area contributed by atoms with Gasteiger partial charge in [0, 0.05) is 22.8 Å². The summed E-state index contributed by atoms with van der Waals surface area (Å²) in [5.74, 6) is -0.246. The van der Waals surface area contributed by atoms with Gasteiger partial charge in [-0.15, -0.1) is 0 Å². The molecule has 0 N–H and O–H groups in total. The lowest BCUT2D eigenvalue weighted by Gasteiger charge is -2.06. The van der Waals surface area contributed by atoms with Crippen LogP contribution in [0.25, 0.3) is 11.0 Å². The van der Waals surface area contributed by atoms with E-state index >= 15 is 0 Å². The summed E-state index contributed by atoms with van der Waals surface area (Å²) in [6.07, 6.45) is 5.38. The van der Waals surface area contributed by atoms with Crippen molar-refractivity contribution in [2.24, 2.45) is 0 Å². The number of carbonyl (C=O) groups excluding carboxylic acids is 1. The first-order valence-corrected chi connectivity index (χ1v) is 6.71. The fourth-order valence-electron chi connectivity index (χ4n) is 2.56. The molecular weight excluding hydrogens is 268 g/mol. The molecule has 0 bridgehead atoms. The molecule has 0 saturated heterocycles. The fraction of sp³-hybridized carbons (Fsp3) is 0.250. The molecule has 0 aliphatic rings. The van der Waals surface area contributed by atoms with Gasteiger partial charge in [0.15, 0.2) is 0 Å². The highest BCUT2D eigenvalue weighted by atomic mass is 16.5. The molecular formula is C16H16N2O3. The largest absolute Gasteiger partial charge is 0.472 e. The van der Waals surface area contributed by atoms with Gasteiger partial charge in [0.05, 0.1) is 32.6 Å². The van der Waals surface area contributed by atoms with E-state index < -0.39 is 0 Å². The molecule has 5 heteroatoms. The molecule has 21 heavy (non-hydrogen) atoms. The van der Waals surface area contributed by atoms with Gasteiger partial charge >= 0.3 is 5.97 Å². The molecule has 3 heterocycles. The molecule has 0 amide bonds. The van der Waals surface area contributed by atoms with Crippen molar-refractivity contribution < 1.29 is 13.9 Å². The third-order valence-electron chi connectivity index (χ3n) is 3.68. The Labute approximate surface area is 122 Å². The average molecular weight is 284 g/mol. The zero-order valence-corrected chi connectivity index (χ0v) is 12.0. The van der Waals surface area contributed by atoms with Crippen molar-refractivity contribution in [3.05, 3.63) is 53.7 Å². The van der Waals surface area contributed by atoms with E-state index in [1.54, 1.807) is 18.7 Å². The lowest BCUT2D eigenvalue weighted by Crippen LogP contribution is -2.07. The molecule has 0 spiro atoms. The highest BCUT2D eigenvalue weighted by Gasteiger charge is 2.17. The molecule has 0 saturated carbocycles. The Hall–Kier alpha value is -2.56. The zero-order chi connectivity index (χ0) is 14.8. The fourth-order valence-corrected chi connectivity index (χ4v) is 2.56. The van der Waals surface area contributed by atoms with E-state index in [0.29, 0.717) is 6.54 Å². The second kappa shape index (κ2) is 5.44. The molecule has 3 rings (SSSR count). The predicted molar refractivity (Wildman–Crippen MR) is 78.0 cm³/mol. The Kier molecular flexibility index (Phi) is 3.48. The summed E-state index contributed by atoms with van der Waals surface area (Å²) in [5, 5.41) is 0.990. The van der Waals surface area contributed by atoms with Crippen LogP contribution < -0.4 is 0 Å². The van der Waals surface area contributed by atoms with Crippen molar-refractivity contribution in [1.82, 2.24) is 9.55 Å². The lowest BCUT2D eigenvalue weighted by molar-refractivity contribution is -0.139. The van der Waals surface area contributed by atoms with Crippen molar-refractivity contribution >= 4 is 17.0 Å². The summed E-state index contributed by atoms with van der Waals surface area (Å²) < 4.78 is 12.0. The van der Waals surface area contributed by atoms with Crippen LogP contribution in [0.1, 0.15) is 16.8 Å². The van der Waals surface area contributed by atoms with Crippen LogP contribution in [0, 0.1) is 6.92 Å². The molecule has 0 radical (unpaired) electrons. The first kappa shape index (κ1) is 13.4. The molecule has 3 aromatic heterocycles. The van der Waals surface area contributed by atoms with Crippen molar-refractivity contribution in [2.75, 3.05) is 7.11 Å². The Morgan fingerprint density at radius 2 is 2.29 bits per heavy atom. The Morgan fingerprint density at radius 1 is 1.43 bits per heavy atom. The summed E-state index contributed by atoms with van der Waals surface area (Å²) in [4.78, 5) is 16.1. The molecule has 0 fully saturated rings. The monoisotopic (exact) mass is 284 g/mol. The van der Waals surface area contributed by atoms with Gasteiger partial charge in [-0.25, -0.2) is 4.98 Å². The van der Waals surface area contributed by atoms with Gasteiger partial charge in [0.2, 0.25) is 0 Å². The number of ether oxygens (including phenoxy) is 1. The number of fused-ring (bicyclic) bond motifs is 1. The minimum Gasteiger partial charge on any atom is -0.472 e. The highest BCUT2D eigenvalue weighted by Crippen LogP contribution is 2.26. The minimum absolute atomic E-state index is 0.246. The maximum absolute atomic E-state index is 11.6. The van der Waals surface area contributed by atoms with Crippen molar-refractivity contribution in [3.63, 3.8) is 0 Å². The predicted octanol–water partition coefficient (Wildman–Crippen LogP) is 2.70. The van der Waals surface area contributed by atoms with Gasteiger partial charge in [0.1, 0.15) is 5.65 Å². The van der Waals surface area contributed by atoms with E-state index in [1.165, 1.54) is 7.11 Å². The number of methoxy groups -OCH3 is 1. The third kappa shape index (κ3) is 2.42. The quantitative estimate of drug-likeness (QED) is 0.691. The first-order chi connectivity index (χ1) is 10.2. The van der Waals surface area contributed by atoms with Crippen LogP contribution >= 0.6 is 0 Å². The number of esters is 1. The second-order valence-corrected chi connectivity index (χ2v) is 4.91. The van der Waals surface area contributed by atoms with Gasteiger partial charge in [-0.05, 0) is 30.7 Å². The number of carbonyl (C=O) groups is 1. The van der Waals surface area contributed by atoms with Gasteiger partial charge in [-0.3, -0.25) is 4.79 Å². The SMILES string of the molecule is COC(=O)Cc1c(C)n(Cc2ccoc2)c2ncccc12. The van der Waals surface area contributed by atoms with Crippen LogP contribution in [0.15, 0.2) is 41.3 Å². The molecule has 0 aromatic carbocycles. The maximum atomic E-state index is 11.6. The molecule has 108 valence electrons.